The van der Waals surface area contributed by atoms with Crippen molar-refractivity contribution in [1.82, 2.24) is 19.9 Å². The molecule has 1 aliphatic rings. The number of nitrogens with zero attached hydrogens (tertiary/aromatic N) is 3. The number of hydrogen-bond donors (Lipinski definition) is 1. The number of halogens is 1. The van der Waals surface area contributed by atoms with E-state index in [2.05, 4.69) is 35.8 Å². The summed E-state index contributed by atoms with van der Waals surface area (Å²) >= 11 is 3.46. The van der Waals surface area contributed by atoms with Gasteiger partial charge in [0.25, 0.3) is 0 Å². The third-order valence-electron chi connectivity index (χ3n) is 2.56. The second-order valence-electron chi connectivity index (χ2n) is 3.46. The van der Waals surface area contributed by atoms with Crippen LogP contribution < -0.4 is 5.32 Å². The van der Waals surface area contributed by atoms with E-state index in [0.717, 1.165) is 29.0 Å². The minimum Gasteiger partial charge on any atom is -0.315 e. The lowest BCUT2D eigenvalue weighted by atomic mass is 10.0. The molecule has 0 radical (unpaired) electrons. The van der Waals surface area contributed by atoms with Gasteiger partial charge in [0.05, 0.1) is 4.47 Å². The highest BCUT2D eigenvalue weighted by atomic mass is 79.9. The predicted octanol–water partition coefficient (Wildman–Crippen LogP) is 1.18. The molecule has 1 saturated heterocycles. The van der Waals surface area contributed by atoms with Crippen LogP contribution in [0.5, 0.6) is 0 Å². The number of fused-ring (bicyclic) bond motifs is 1. The van der Waals surface area contributed by atoms with Crippen molar-refractivity contribution >= 4 is 21.6 Å². The fraction of sp³-hybridized carbons (Fsp3) is 0.333. The molecule has 2 aromatic rings. The van der Waals surface area contributed by atoms with Crippen molar-refractivity contribution in [3.8, 4) is 0 Å². The molecule has 3 rings (SSSR count). The zero-order valence-corrected chi connectivity index (χ0v) is 9.03. The standard InChI is InChI=1S/C9H9BrN4/c10-7-2-1-3-14-8(6-4-11-5-6)12-13-9(7)14/h1-3,6,11H,4-5H2. The lowest BCUT2D eigenvalue weighted by molar-refractivity contribution is 0.427. The molecule has 14 heavy (non-hydrogen) atoms. The molecule has 0 saturated carbocycles. The Morgan fingerprint density at radius 3 is 3.00 bits per heavy atom. The second kappa shape index (κ2) is 3.03. The average molecular weight is 253 g/mol. The van der Waals surface area contributed by atoms with Gasteiger partial charge < -0.3 is 5.32 Å². The Morgan fingerprint density at radius 1 is 1.43 bits per heavy atom. The molecule has 72 valence electrons. The third kappa shape index (κ3) is 1.09. The van der Waals surface area contributed by atoms with E-state index >= 15 is 0 Å². The predicted molar refractivity (Wildman–Crippen MR) is 56.3 cm³/mol. The van der Waals surface area contributed by atoms with Crippen LogP contribution in [0, 0.1) is 0 Å². The zero-order valence-electron chi connectivity index (χ0n) is 7.44. The van der Waals surface area contributed by atoms with Gasteiger partial charge in [-0.3, -0.25) is 4.40 Å². The smallest absolute Gasteiger partial charge is 0.175 e. The molecule has 0 amide bonds. The van der Waals surface area contributed by atoms with Crippen LogP contribution in [0.15, 0.2) is 22.8 Å². The van der Waals surface area contributed by atoms with Crippen LogP contribution >= 0.6 is 15.9 Å². The van der Waals surface area contributed by atoms with Crippen molar-refractivity contribution in [2.45, 2.75) is 5.92 Å². The maximum absolute atomic E-state index is 4.22. The summed E-state index contributed by atoms with van der Waals surface area (Å²) in [6.07, 6.45) is 2.01. The quantitative estimate of drug-likeness (QED) is 0.829. The van der Waals surface area contributed by atoms with Crippen molar-refractivity contribution < 1.29 is 0 Å². The lowest BCUT2D eigenvalue weighted by Crippen LogP contribution is -2.40. The SMILES string of the molecule is Brc1cccn2c(C3CNC3)nnc12. The molecule has 0 spiro atoms. The average Bonchev–Trinajstić information content (AvgIpc) is 2.48. The molecule has 2 aromatic heterocycles. The summed E-state index contributed by atoms with van der Waals surface area (Å²) in [4.78, 5) is 0. The van der Waals surface area contributed by atoms with Gasteiger partial charge in [0.1, 0.15) is 5.82 Å². The summed E-state index contributed by atoms with van der Waals surface area (Å²) in [5.74, 6) is 1.57. The topological polar surface area (TPSA) is 42.2 Å². The molecule has 0 unspecified atom stereocenters. The molecular weight excluding hydrogens is 244 g/mol. The van der Waals surface area contributed by atoms with Gasteiger partial charge in [0.15, 0.2) is 5.65 Å². The molecule has 0 bridgehead atoms. The molecular formula is C9H9BrN4. The van der Waals surface area contributed by atoms with Crippen LogP contribution in [0.2, 0.25) is 0 Å². The van der Waals surface area contributed by atoms with E-state index < -0.39 is 0 Å². The molecule has 1 N–H and O–H groups in total. The minimum absolute atomic E-state index is 0.513. The highest BCUT2D eigenvalue weighted by Gasteiger charge is 2.24. The van der Waals surface area contributed by atoms with Crippen molar-refractivity contribution in [3.63, 3.8) is 0 Å². The van der Waals surface area contributed by atoms with Crippen molar-refractivity contribution in [3.05, 3.63) is 28.6 Å². The Labute approximate surface area is 89.5 Å². The maximum Gasteiger partial charge on any atom is 0.175 e. The fourth-order valence-electron chi connectivity index (χ4n) is 1.65. The zero-order chi connectivity index (χ0) is 9.54. The molecule has 0 atom stereocenters. The molecule has 4 nitrogen and oxygen atoms in total. The van der Waals surface area contributed by atoms with Gasteiger partial charge in [-0.2, -0.15) is 0 Å². The van der Waals surface area contributed by atoms with Gasteiger partial charge in [-0.05, 0) is 28.1 Å². The summed E-state index contributed by atoms with van der Waals surface area (Å²) in [5.41, 5.74) is 0.898. The summed E-state index contributed by atoms with van der Waals surface area (Å²) in [5, 5.41) is 11.6. The van der Waals surface area contributed by atoms with E-state index in [-0.39, 0.29) is 0 Å². The number of aromatic nitrogens is 3. The maximum atomic E-state index is 4.22. The summed E-state index contributed by atoms with van der Waals surface area (Å²) in [7, 11) is 0. The highest BCUT2D eigenvalue weighted by molar-refractivity contribution is 9.10. The van der Waals surface area contributed by atoms with Crippen LogP contribution in [0.4, 0.5) is 0 Å². The fourth-order valence-corrected chi connectivity index (χ4v) is 2.07. The monoisotopic (exact) mass is 252 g/mol. The summed E-state index contributed by atoms with van der Waals surface area (Å²) in [6, 6.07) is 3.98. The molecule has 3 heterocycles. The van der Waals surface area contributed by atoms with E-state index in [1.165, 1.54) is 0 Å². The van der Waals surface area contributed by atoms with Gasteiger partial charge in [0.2, 0.25) is 0 Å². The van der Waals surface area contributed by atoms with Crippen LogP contribution in [-0.4, -0.2) is 27.7 Å². The Hall–Kier alpha value is -0.940. The Bertz CT molecular complexity index is 475. The molecule has 1 aliphatic heterocycles. The van der Waals surface area contributed by atoms with E-state index in [0.29, 0.717) is 5.92 Å². The molecule has 0 aliphatic carbocycles. The van der Waals surface area contributed by atoms with Crippen molar-refractivity contribution in [2.75, 3.05) is 13.1 Å². The number of rotatable bonds is 1. The van der Waals surface area contributed by atoms with Gasteiger partial charge in [-0.25, -0.2) is 0 Å². The molecule has 0 aromatic carbocycles. The number of hydrogen-bond acceptors (Lipinski definition) is 3. The largest absolute Gasteiger partial charge is 0.315 e. The van der Waals surface area contributed by atoms with Crippen LogP contribution in [0.1, 0.15) is 11.7 Å². The molecule has 1 fully saturated rings. The first-order valence-corrected chi connectivity index (χ1v) is 5.35. The van der Waals surface area contributed by atoms with E-state index in [9.17, 15) is 0 Å². The van der Waals surface area contributed by atoms with E-state index in [1.54, 1.807) is 0 Å². The summed E-state index contributed by atoms with van der Waals surface area (Å²) < 4.78 is 3.04. The van der Waals surface area contributed by atoms with Crippen LogP contribution in [0.25, 0.3) is 5.65 Å². The first-order valence-electron chi connectivity index (χ1n) is 4.56. The van der Waals surface area contributed by atoms with E-state index in [1.807, 2.05) is 18.3 Å². The first-order chi connectivity index (χ1) is 6.86. The highest BCUT2D eigenvalue weighted by Crippen LogP contribution is 2.22. The molecule has 5 heteroatoms. The van der Waals surface area contributed by atoms with Crippen molar-refractivity contribution in [2.24, 2.45) is 0 Å². The normalized spacial score (nSPS) is 17.2. The van der Waals surface area contributed by atoms with Crippen LogP contribution in [-0.2, 0) is 0 Å². The van der Waals surface area contributed by atoms with Gasteiger partial charge >= 0.3 is 0 Å². The second-order valence-corrected chi connectivity index (χ2v) is 4.32. The van der Waals surface area contributed by atoms with Crippen molar-refractivity contribution in [1.29, 1.82) is 0 Å². The summed E-state index contributed by atoms with van der Waals surface area (Å²) in [6.45, 7) is 2.01. The Balaban J connectivity index is 2.20. The van der Waals surface area contributed by atoms with Crippen LogP contribution in [0.3, 0.4) is 0 Å². The van der Waals surface area contributed by atoms with E-state index in [4.69, 9.17) is 0 Å². The third-order valence-corrected chi connectivity index (χ3v) is 3.18. The number of nitrogens with one attached hydrogen (secondary N) is 1. The van der Waals surface area contributed by atoms with Gasteiger partial charge in [0, 0.05) is 25.2 Å². The van der Waals surface area contributed by atoms with Gasteiger partial charge in [-0.1, -0.05) is 0 Å². The Kier molecular flexibility index (Phi) is 1.81. The lowest BCUT2D eigenvalue weighted by Gasteiger charge is -2.25. The first kappa shape index (κ1) is 8.38. The Morgan fingerprint density at radius 2 is 2.29 bits per heavy atom. The van der Waals surface area contributed by atoms with Gasteiger partial charge in [-0.15, -0.1) is 10.2 Å². The minimum atomic E-state index is 0.513. The number of pyridine rings is 1.